The highest BCUT2D eigenvalue weighted by molar-refractivity contribution is 5.74. The second kappa shape index (κ2) is 9.63. The topological polar surface area (TPSA) is 107 Å². The van der Waals surface area contributed by atoms with Gasteiger partial charge < -0.3 is 19.5 Å². The first-order chi connectivity index (χ1) is 17.7. The normalized spacial score (nSPS) is 15.6. The molecule has 1 saturated heterocycles. The fraction of sp³-hybridized carbons (Fsp3) is 0.346. The molecule has 2 aliphatic heterocycles. The largest absolute Gasteiger partial charge is 0.493 e. The van der Waals surface area contributed by atoms with Crippen molar-refractivity contribution >= 4 is 17.0 Å². The smallest absolute Gasteiger partial charge is 0.333 e. The Morgan fingerprint density at radius 3 is 2.86 bits per heavy atom. The van der Waals surface area contributed by atoms with Gasteiger partial charge in [0, 0.05) is 37.4 Å². The van der Waals surface area contributed by atoms with Crippen molar-refractivity contribution in [2.24, 2.45) is 0 Å². The van der Waals surface area contributed by atoms with Crippen LogP contribution in [0.15, 0.2) is 47.4 Å². The molecule has 0 aliphatic carbocycles. The molecule has 4 aromatic rings. The van der Waals surface area contributed by atoms with Crippen LogP contribution in [0, 0.1) is 0 Å². The van der Waals surface area contributed by atoms with Crippen LogP contribution in [0.3, 0.4) is 0 Å². The Hall–Kier alpha value is -3.89. The average Bonchev–Trinajstić information content (AvgIpc) is 3.51. The third kappa shape index (κ3) is 4.29. The Bertz CT molecular complexity index is 1460. The van der Waals surface area contributed by atoms with Crippen molar-refractivity contribution in [3.8, 4) is 28.4 Å². The Kier molecular flexibility index (Phi) is 6.04. The maximum absolute atomic E-state index is 12.8. The van der Waals surface area contributed by atoms with E-state index in [0.29, 0.717) is 35.1 Å². The lowest BCUT2D eigenvalue weighted by Crippen LogP contribution is -2.38. The summed E-state index contributed by atoms with van der Waals surface area (Å²) in [6.07, 6.45) is 2.58. The summed E-state index contributed by atoms with van der Waals surface area (Å²) in [5, 5.41) is 3.35. The van der Waals surface area contributed by atoms with Crippen molar-refractivity contribution in [1.82, 2.24) is 24.4 Å². The van der Waals surface area contributed by atoms with Crippen molar-refractivity contribution in [3.63, 3.8) is 0 Å². The number of aromatic nitrogens is 4. The zero-order chi connectivity index (χ0) is 24.5. The van der Waals surface area contributed by atoms with Gasteiger partial charge in [-0.3, -0.25) is 9.88 Å². The number of nitrogens with zero attached hydrogens (tertiary/aromatic N) is 4. The van der Waals surface area contributed by atoms with E-state index in [9.17, 15) is 4.79 Å². The predicted octanol–water partition coefficient (Wildman–Crippen LogP) is 2.46. The Balaban J connectivity index is 1.28. The molecule has 186 valence electrons. The third-order valence-electron chi connectivity index (χ3n) is 6.68. The molecule has 10 nitrogen and oxygen atoms in total. The van der Waals surface area contributed by atoms with Gasteiger partial charge in [0.2, 0.25) is 0 Å². The van der Waals surface area contributed by atoms with Crippen molar-refractivity contribution in [3.05, 3.63) is 58.6 Å². The first-order valence-corrected chi connectivity index (χ1v) is 12.2. The van der Waals surface area contributed by atoms with Gasteiger partial charge in [0.05, 0.1) is 37.9 Å². The van der Waals surface area contributed by atoms with Crippen molar-refractivity contribution in [1.29, 1.82) is 0 Å². The first kappa shape index (κ1) is 22.6. The molecule has 0 spiro atoms. The van der Waals surface area contributed by atoms with E-state index in [1.54, 1.807) is 17.9 Å². The molecular formula is C26H28N6O4. The Morgan fingerprint density at radius 2 is 2.00 bits per heavy atom. The van der Waals surface area contributed by atoms with Crippen LogP contribution in [0.5, 0.6) is 11.5 Å². The zero-order valence-electron chi connectivity index (χ0n) is 20.1. The molecule has 0 amide bonds. The molecular weight excluding hydrogens is 460 g/mol. The van der Waals surface area contributed by atoms with E-state index in [1.807, 2.05) is 36.4 Å². The molecule has 1 fully saturated rings. The molecule has 10 heteroatoms. The van der Waals surface area contributed by atoms with Gasteiger partial charge in [0.15, 0.2) is 22.8 Å². The summed E-state index contributed by atoms with van der Waals surface area (Å²) >= 11 is 0. The van der Waals surface area contributed by atoms with Crippen LogP contribution in [0.25, 0.3) is 28.2 Å². The van der Waals surface area contributed by atoms with Gasteiger partial charge in [-0.25, -0.2) is 19.3 Å². The van der Waals surface area contributed by atoms with Crippen LogP contribution in [0.4, 0.5) is 5.69 Å². The van der Waals surface area contributed by atoms with E-state index in [-0.39, 0.29) is 5.69 Å². The minimum atomic E-state index is -0.269. The van der Waals surface area contributed by atoms with Crippen LogP contribution in [0.2, 0.25) is 0 Å². The van der Waals surface area contributed by atoms with Crippen molar-refractivity contribution in [2.75, 3.05) is 58.4 Å². The Labute approximate surface area is 207 Å². The quantitative estimate of drug-likeness (QED) is 0.409. The fourth-order valence-electron chi connectivity index (χ4n) is 4.74. The predicted molar refractivity (Wildman–Crippen MR) is 136 cm³/mol. The fourth-order valence-corrected chi connectivity index (χ4v) is 4.74. The highest BCUT2D eigenvalue weighted by Crippen LogP contribution is 2.32. The highest BCUT2D eigenvalue weighted by atomic mass is 16.5. The van der Waals surface area contributed by atoms with Crippen LogP contribution in [-0.4, -0.2) is 77.5 Å². The van der Waals surface area contributed by atoms with E-state index < -0.39 is 0 Å². The summed E-state index contributed by atoms with van der Waals surface area (Å²) in [7, 11) is 1.62. The van der Waals surface area contributed by atoms with Crippen LogP contribution in [0.1, 0.15) is 5.56 Å². The van der Waals surface area contributed by atoms with E-state index in [4.69, 9.17) is 19.2 Å². The summed E-state index contributed by atoms with van der Waals surface area (Å²) in [6.45, 7) is 5.68. The minimum Gasteiger partial charge on any atom is -0.493 e. The van der Waals surface area contributed by atoms with Gasteiger partial charge in [0.25, 0.3) is 0 Å². The molecule has 2 aromatic heterocycles. The van der Waals surface area contributed by atoms with E-state index >= 15 is 0 Å². The number of benzene rings is 2. The molecule has 0 bridgehead atoms. The van der Waals surface area contributed by atoms with Crippen molar-refractivity contribution < 1.29 is 14.2 Å². The second-order valence-corrected chi connectivity index (χ2v) is 8.88. The maximum atomic E-state index is 12.8. The lowest BCUT2D eigenvalue weighted by Gasteiger charge is -2.26. The number of anilines is 1. The molecule has 2 aromatic carbocycles. The molecule has 0 unspecified atom stereocenters. The second-order valence-electron chi connectivity index (χ2n) is 8.88. The minimum absolute atomic E-state index is 0.269. The average molecular weight is 489 g/mol. The molecule has 2 N–H and O–H groups in total. The third-order valence-corrected chi connectivity index (χ3v) is 6.68. The lowest BCUT2D eigenvalue weighted by atomic mass is 10.1. The molecule has 0 saturated carbocycles. The SMILES string of the molecule is COc1cc(-c2cnc3[nH]c(=O)n(-c4ccc5c(c4)CCN5)c3n2)ccc1OCCN1CCOCC1. The summed E-state index contributed by atoms with van der Waals surface area (Å²) in [5.41, 5.74) is 5.17. The van der Waals surface area contributed by atoms with Crippen LogP contribution >= 0.6 is 0 Å². The first-order valence-electron chi connectivity index (χ1n) is 12.2. The number of imidazole rings is 1. The summed E-state index contributed by atoms with van der Waals surface area (Å²) < 4.78 is 18.6. The zero-order valence-corrected chi connectivity index (χ0v) is 20.1. The number of nitrogens with one attached hydrogen (secondary N) is 2. The van der Waals surface area contributed by atoms with Gasteiger partial charge in [0.1, 0.15) is 6.61 Å². The summed E-state index contributed by atoms with van der Waals surface area (Å²) in [5.74, 6) is 1.29. The van der Waals surface area contributed by atoms with Gasteiger partial charge in [-0.05, 0) is 48.4 Å². The number of hydrogen-bond acceptors (Lipinski definition) is 8. The number of aromatic amines is 1. The summed E-state index contributed by atoms with van der Waals surface area (Å²) in [4.78, 5) is 27.2. The van der Waals surface area contributed by atoms with Crippen molar-refractivity contribution in [2.45, 2.75) is 6.42 Å². The molecule has 0 radical (unpaired) electrons. The number of methoxy groups -OCH3 is 1. The summed E-state index contributed by atoms with van der Waals surface area (Å²) in [6, 6.07) is 11.7. The number of fused-ring (bicyclic) bond motifs is 2. The Morgan fingerprint density at radius 1 is 1.11 bits per heavy atom. The van der Waals surface area contributed by atoms with E-state index in [0.717, 1.165) is 62.8 Å². The van der Waals surface area contributed by atoms with Crippen LogP contribution < -0.4 is 20.5 Å². The van der Waals surface area contributed by atoms with E-state index in [1.165, 1.54) is 5.56 Å². The number of ether oxygens (including phenoxy) is 3. The standard InChI is InChI=1S/C26H28N6O4/c1-34-23-15-17(2-5-22(23)36-13-10-31-8-11-35-12-9-31)21-16-28-24-25(29-21)32(26(33)30-24)19-3-4-20-18(14-19)6-7-27-20/h2-5,14-16,27H,6-13H2,1H3,(H,28,30,33). The van der Waals surface area contributed by atoms with E-state index in [2.05, 4.69) is 20.2 Å². The highest BCUT2D eigenvalue weighted by Gasteiger charge is 2.17. The molecule has 36 heavy (non-hydrogen) atoms. The van der Waals surface area contributed by atoms with Gasteiger partial charge in [-0.2, -0.15) is 0 Å². The number of hydrogen-bond donors (Lipinski definition) is 2. The molecule has 4 heterocycles. The number of H-pyrrole nitrogens is 1. The molecule has 2 aliphatic rings. The number of rotatable bonds is 7. The number of morpholine rings is 1. The molecule has 6 rings (SSSR count). The maximum Gasteiger partial charge on any atom is 0.333 e. The monoisotopic (exact) mass is 488 g/mol. The van der Waals surface area contributed by atoms with Gasteiger partial charge >= 0.3 is 5.69 Å². The molecule has 0 atom stereocenters. The van der Waals surface area contributed by atoms with Crippen LogP contribution in [-0.2, 0) is 11.2 Å². The van der Waals surface area contributed by atoms with Gasteiger partial charge in [-0.1, -0.05) is 0 Å². The lowest BCUT2D eigenvalue weighted by molar-refractivity contribution is 0.0321. The van der Waals surface area contributed by atoms with Gasteiger partial charge in [-0.15, -0.1) is 0 Å².